The fourth-order valence-corrected chi connectivity index (χ4v) is 5.85. The van der Waals surface area contributed by atoms with Gasteiger partial charge in [-0.1, -0.05) is 16.6 Å². The van der Waals surface area contributed by atoms with E-state index in [1.807, 2.05) is 12.1 Å². The number of ether oxygens (including phenoxy) is 2. The Morgan fingerprint density at radius 3 is 2.86 bits per heavy atom. The monoisotopic (exact) mass is 450 g/mol. The Balaban J connectivity index is 1.50. The van der Waals surface area contributed by atoms with Gasteiger partial charge in [0.05, 0.1) is 13.3 Å². The molecule has 152 valence electrons. The van der Waals surface area contributed by atoms with Crippen molar-refractivity contribution in [2.45, 2.75) is 22.2 Å². The van der Waals surface area contributed by atoms with Crippen LogP contribution >= 0.6 is 35.1 Å². The molecule has 2 aromatic rings. The fourth-order valence-electron chi connectivity index (χ4n) is 3.00. The van der Waals surface area contributed by atoms with Crippen LogP contribution in [0.5, 0.6) is 5.75 Å². The predicted octanol–water partition coefficient (Wildman–Crippen LogP) is 1.88. The molecule has 4 rings (SSSR count). The summed E-state index contributed by atoms with van der Waals surface area (Å²) in [4.78, 5) is 26.8. The zero-order chi connectivity index (χ0) is 20.4. The zero-order valence-electron chi connectivity index (χ0n) is 15.4. The molecular weight excluding hydrogens is 432 g/mol. The molecule has 11 heteroatoms. The minimum Gasteiger partial charge on any atom is -0.497 e. The van der Waals surface area contributed by atoms with Crippen LogP contribution in [-0.4, -0.2) is 56.4 Å². The number of fused-ring (bicyclic) bond motifs is 1. The van der Waals surface area contributed by atoms with E-state index in [0.29, 0.717) is 17.2 Å². The van der Waals surface area contributed by atoms with Crippen molar-refractivity contribution in [3.63, 3.8) is 0 Å². The summed E-state index contributed by atoms with van der Waals surface area (Å²) in [6, 6.07) is 6.69. The van der Waals surface area contributed by atoms with Crippen molar-refractivity contribution >= 4 is 46.9 Å². The van der Waals surface area contributed by atoms with E-state index < -0.39 is 12.0 Å². The van der Waals surface area contributed by atoms with Gasteiger partial charge in [0, 0.05) is 11.5 Å². The highest BCUT2D eigenvalue weighted by Gasteiger charge is 2.52. The summed E-state index contributed by atoms with van der Waals surface area (Å²) in [6.07, 6.45) is 1.68. The van der Waals surface area contributed by atoms with Gasteiger partial charge in [-0.25, -0.2) is 4.79 Å². The van der Waals surface area contributed by atoms with E-state index in [2.05, 4.69) is 9.59 Å². The summed E-state index contributed by atoms with van der Waals surface area (Å²) < 4.78 is 15.5. The number of carbonyl (C=O) groups is 2. The molecule has 0 bridgehead atoms. The highest BCUT2D eigenvalue weighted by atomic mass is 32.2. The van der Waals surface area contributed by atoms with Crippen molar-refractivity contribution in [3.8, 4) is 5.75 Å². The lowest BCUT2D eigenvalue weighted by Gasteiger charge is -2.48. The van der Waals surface area contributed by atoms with Crippen LogP contribution in [0.15, 0.2) is 45.9 Å². The number of nitrogens with zero attached hydrogens (tertiary/aromatic N) is 3. The molecule has 0 spiro atoms. The molecule has 1 aromatic carbocycles. The Labute approximate surface area is 180 Å². The molecule has 1 fully saturated rings. The van der Waals surface area contributed by atoms with Crippen LogP contribution in [0.3, 0.4) is 0 Å². The van der Waals surface area contributed by atoms with Gasteiger partial charge in [-0.2, -0.15) is 0 Å². The van der Waals surface area contributed by atoms with Crippen molar-refractivity contribution in [1.82, 2.24) is 14.5 Å². The van der Waals surface area contributed by atoms with E-state index >= 15 is 0 Å². The summed E-state index contributed by atoms with van der Waals surface area (Å²) in [5.41, 5.74) is 7.91. The minimum absolute atomic E-state index is 0.109. The molecule has 1 unspecified atom stereocenters. The second-order valence-electron chi connectivity index (χ2n) is 6.34. The molecule has 0 radical (unpaired) electrons. The second kappa shape index (κ2) is 8.74. The van der Waals surface area contributed by atoms with Crippen molar-refractivity contribution in [2.24, 2.45) is 5.73 Å². The first kappa shape index (κ1) is 20.2. The molecule has 2 aliphatic rings. The number of carbonyl (C=O) groups excluding carboxylic acids is 2. The average Bonchev–Trinajstić information content (AvgIpc) is 3.28. The quantitative estimate of drug-likeness (QED) is 0.384. The third-order valence-electron chi connectivity index (χ3n) is 4.54. The van der Waals surface area contributed by atoms with Gasteiger partial charge in [-0.05, 0) is 34.8 Å². The van der Waals surface area contributed by atoms with Gasteiger partial charge in [-0.3, -0.25) is 9.69 Å². The van der Waals surface area contributed by atoms with E-state index in [1.54, 1.807) is 37.2 Å². The van der Waals surface area contributed by atoms with Gasteiger partial charge in [0.15, 0.2) is 0 Å². The van der Waals surface area contributed by atoms with Crippen LogP contribution in [0.1, 0.15) is 5.56 Å². The smallest absolute Gasteiger partial charge is 0.355 e. The number of rotatable bonds is 7. The van der Waals surface area contributed by atoms with Gasteiger partial charge >= 0.3 is 5.97 Å². The SMILES string of the molecule is COc1ccc(COC(=O)C2=C(CSc3cnns3)CS[C@@H]3C(N)C(=O)N23)cc1. The third-order valence-corrected chi connectivity index (χ3v) is 7.82. The number of nitrogens with two attached hydrogens (primary N) is 1. The van der Waals surface area contributed by atoms with E-state index in [4.69, 9.17) is 15.2 Å². The maximum absolute atomic E-state index is 12.9. The Morgan fingerprint density at radius 1 is 1.38 bits per heavy atom. The van der Waals surface area contributed by atoms with Gasteiger partial charge in [-0.15, -0.1) is 28.6 Å². The predicted molar refractivity (Wildman–Crippen MR) is 112 cm³/mol. The lowest BCUT2D eigenvalue weighted by Crippen LogP contribution is -2.68. The third kappa shape index (κ3) is 4.13. The molecule has 8 nitrogen and oxygen atoms in total. The molecule has 1 saturated heterocycles. The van der Waals surface area contributed by atoms with Crippen LogP contribution in [0.25, 0.3) is 0 Å². The molecule has 2 atom stereocenters. The number of benzene rings is 1. The van der Waals surface area contributed by atoms with Crippen molar-refractivity contribution < 1.29 is 19.1 Å². The lowest BCUT2D eigenvalue weighted by molar-refractivity contribution is -0.151. The highest BCUT2D eigenvalue weighted by molar-refractivity contribution is 8.01. The van der Waals surface area contributed by atoms with Crippen LogP contribution in [0, 0.1) is 0 Å². The number of thioether (sulfide) groups is 2. The number of hydrogen-bond acceptors (Lipinski definition) is 10. The van der Waals surface area contributed by atoms with Crippen LogP contribution < -0.4 is 10.5 Å². The van der Waals surface area contributed by atoms with Crippen LogP contribution in [0.4, 0.5) is 0 Å². The first-order chi connectivity index (χ1) is 14.1. The molecule has 1 aromatic heterocycles. The van der Waals surface area contributed by atoms with Crippen molar-refractivity contribution in [1.29, 1.82) is 0 Å². The molecule has 0 aliphatic carbocycles. The zero-order valence-corrected chi connectivity index (χ0v) is 17.9. The molecule has 1 amide bonds. The summed E-state index contributed by atoms with van der Waals surface area (Å²) in [5, 5.41) is 3.60. The van der Waals surface area contributed by atoms with Gasteiger partial charge in [0.25, 0.3) is 0 Å². The Hall–Kier alpha value is -2.08. The molecule has 3 heterocycles. The van der Waals surface area contributed by atoms with E-state index in [1.165, 1.54) is 28.2 Å². The largest absolute Gasteiger partial charge is 0.497 e. The Kier molecular flexibility index (Phi) is 6.09. The number of methoxy groups -OCH3 is 1. The number of esters is 1. The van der Waals surface area contributed by atoms with Crippen molar-refractivity contribution in [3.05, 3.63) is 47.3 Å². The Bertz CT molecular complexity index is 933. The van der Waals surface area contributed by atoms with E-state index in [0.717, 1.165) is 21.1 Å². The van der Waals surface area contributed by atoms with Crippen molar-refractivity contribution in [2.75, 3.05) is 18.6 Å². The molecule has 29 heavy (non-hydrogen) atoms. The maximum atomic E-state index is 12.9. The first-order valence-electron chi connectivity index (χ1n) is 8.71. The molecule has 2 N–H and O–H groups in total. The van der Waals surface area contributed by atoms with E-state index in [9.17, 15) is 9.59 Å². The molecule has 2 aliphatic heterocycles. The molecular formula is C18H18N4O4S3. The fraction of sp³-hybridized carbons (Fsp3) is 0.333. The second-order valence-corrected chi connectivity index (χ2v) is 9.50. The van der Waals surface area contributed by atoms with Crippen LogP contribution in [-0.2, 0) is 20.9 Å². The number of β-lactam (4-membered cyclic amide) rings is 1. The van der Waals surface area contributed by atoms with Crippen LogP contribution in [0.2, 0.25) is 0 Å². The van der Waals surface area contributed by atoms with Gasteiger partial charge in [0.2, 0.25) is 5.91 Å². The lowest BCUT2D eigenvalue weighted by atomic mass is 10.0. The topological polar surface area (TPSA) is 108 Å². The number of aromatic nitrogens is 2. The minimum atomic E-state index is -0.579. The molecule has 0 saturated carbocycles. The highest BCUT2D eigenvalue weighted by Crippen LogP contribution is 2.41. The standard InChI is InChI=1S/C18H18N4O4S3/c1-25-12-4-2-10(3-5-12)7-26-18(24)15-11(8-27-13-6-20-21-29-13)9-28-17-14(19)16(23)22(15)17/h2-6,14,17H,7-9,19H2,1H3/t14?,17-/m1/s1. The average molecular weight is 451 g/mol. The first-order valence-corrected chi connectivity index (χ1v) is 11.5. The summed E-state index contributed by atoms with van der Waals surface area (Å²) in [6.45, 7) is 0.109. The normalized spacial score (nSPS) is 20.9. The summed E-state index contributed by atoms with van der Waals surface area (Å²) >= 11 is 4.40. The Morgan fingerprint density at radius 2 is 2.17 bits per heavy atom. The number of hydrogen-bond donors (Lipinski definition) is 1. The van der Waals surface area contributed by atoms with Gasteiger partial charge in [0.1, 0.15) is 33.7 Å². The maximum Gasteiger partial charge on any atom is 0.355 e. The van der Waals surface area contributed by atoms with E-state index in [-0.39, 0.29) is 17.9 Å². The summed E-state index contributed by atoms with van der Waals surface area (Å²) in [7, 11) is 1.59. The summed E-state index contributed by atoms with van der Waals surface area (Å²) in [5.74, 6) is 1.14. The number of amides is 1. The van der Waals surface area contributed by atoms with Gasteiger partial charge < -0.3 is 15.2 Å².